The number of hydrogen-bond donors (Lipinski definition) is 5. The van der Waals surface area contributed by atoms with E-state index >= 15 is 0 Å². The van der Waals surface area contributed by atoms with Crippen molar-refractivity contribution in [2.75, 3.05) is 44.4 Å². The fraction of sp³-hybridized carbons (Fsp3) is 0.387. The van der Waals surface area contributed by atoms with Crippen LogP contribution in [0.25, 0.3) is 16.8 Å². The molecule has 0 aliphatic carbocycles. The van der Waals surface area contributed by atoms with Gasteiger partial charge in [-0.25, -0.2) is 15.0 Å². The predicted octanol–water partition coefficient (Wildman–Crippen LogP) is 2.76. The Morgan fingerprint density at radius 3 is 2.43 bits per heavy atom. The fourth-order valence-electron chi connectivity index (χ4n) is 5.63. The molecule has 0 spiro atoms. The molecule has 5 heterocycles. The normalized spacial score (nSPS) is 17.8. The minimum Gasteiger partial charge on any atom is -0.382 e. The van der Waals surface area contributed by atoms with E-state index in [0.29, 0.717) is 60.9 Å². The summed E-state index contributed by atoms with van der Waals surface area (Å²) >= 11 is 0. The quantitative estimate of drug-likeness (QED) is 0.152. The van der Waals surface area contributed by atoms with E-state index in [2.05, 4.69) is 15.3 Å². The molecule has 16 heteroatoms. The summed E-state index contributed by atoms with van der Waals surface area (Å²) in [5.41, 5.74) is 6.48. The minimum atomic E-state index is -4.30. The minimum absolute atomic E-state index is 0.0150. The first-order chi connectivity index (χ1) is 22.2. The number of alkyl halides is 3. The van der Waals surface area contributed by atoms with Crippen LogP contribution in [0.15, 0.2) is 48.8 Å². The molecule has 47 heavy (non-hydrogen) atoms. The summed E-state index contributed by atoms with van der Waals surface area (Å²) < 4.78 is 42.8. The third-order valence-corrected chi connectivity index (χ3v) is 8.15. The van der Waals surface area contributed by atoms with Crippen molar-refractivity contribution in [3.63, 3.8) is 0 Å². The Labute approximate surface area is 266 Å². The lowest BCUT2D eigenvalue weighted by atomic mass is 9.85. The summed E-state index contributed by atoms with van der Waals surface area (Å²) in [6, 6.07) is 8.58. The number of aliphatic hydroxyl groups is 3. The van der Waals surface area contributed by atoms with Gasteiger partial charge in [0.25, 0.3) is 0 Å². The molecule has 1 aromatic carbocycles. The number of halogens is 3. The monoisotopic (exact) mass is 657 g/mol. The van der Waals surface area contributed by atoms with Crippen molar-refractivity contribution in [3.8, 4) is 11.3 Å². The third kappa shape index (κ3) is 6.90. The number of nitrogens with two attached hydrogens (primary N) is 1. The van der Waals surface area contributed by atoms with Crippen LogP contribution in [0.3, 0.4) is 0 Å². The van der Waals surface area contributed by atoms with E-state index in [9.17, 15) is 38.1 Å². The number of aldehydes is 1. The molecule has 2 fully saturated rings. The molecule has 0 saturated carbocycles. The Morgan fingerprint density at radius 1 is 1.15 bits per heavy atom. The molecule has 2 aliphatic heterocycles. The number of fused-ring (bicyclic) bond motifs is 1. The van der Waals surface area contributed by atoms with Crippen LogP contribution in [0.1, 0.15) is 53.1 Å². The average molecular weight is 658 g/mol. The van der Waals surface area contributed by atoms with Crippen LogP contribution in [-0.2, 0) is 21.7 Å². The predicted molar refractivity (Wildman–Crippen MR) is 163 cm³/mol. The number of amides is 1. The Bertz CT molecular complexity index is 1770. The Morgan fingerprint density at radius 2 is 1.85 bits per heavy atom. The number of benzene rings is 1. The number of nitrogens with one attached hydrogen (secondary N) is 1. The first kappa shape index (κ1) is 33.7. The number of hydrogen-bond acceptors (Lipinski definition) is 11. The second kappa shape index (κ2) is 12.9. The van der Waals surface area contributed by atoms with Gasteiger partial charge in [0.15, 0.2) is 0 Å². The lowest BCUT2D eigenvalue weighted by Crippen LogP contribution is -2.55. The van der Waals surface area contributed by atoms with Crippen LogP contribution in [0.4, 0.5) is 24.8 Å². The third-order valence-electron chi connectivity index (χ3n) is 8.15. The average Bonchev–Trinajstić information content (AvgIpc) is 3.44. The summed E-state index contributed by atoms with van der Waals surface area (Å²) in [6.45, 7) is 3.63. The lowest BCUT2D eigenvalue weighted by molar-refractivity contribution is -0.327. The Kier molecular flexibility index (Phi) is 9.23. The fourth-order valence-corrected chi connectivity index (χ4v) is 5.63. The molecule has 2 saturated heterocycles. The number of nitrogens with zero attached hydrogens (tertiary/aromatic N) is 5. The van der Waals surface area contributed by atoms with Gasteiger partial charge < -0.3 is 36.0 Å². The van der Waals surface area contributed by atoms with Gasteiger partial charge in [0.1, 0.15) is 40.7 Å². The van der Waals surface area contributed by atoms with Crippen LogP contribution in [0.2, 0.25) is 0 Å². The highest BCUT2D eigenvalue weighted by molar-refractivity contribution is 5.87. The molecule has 0 radical (unpaired) electrons. The molecular formula is C31H34F3N7O6. The maximum Gasteiger partial charge on any atom is 0.416 e. The van der Waals surface area contributed by atoms with Gasteiger partial charge in [-0.1, -0.05) is 24.3 Å². The number of likely N-dealkylation sites (tertiary alicyclic amines) is 1. The van der Waals surface area contributed by atoms with Crippen molar-refractivity contribution in [1.82, 2.24) is 24.3 Å². The van der Waals surface area contributed by atoms with E-state index in [0.717, 1.165) is 37.2 Å². The molecule has 6 rings (SSSR count). The van der Waals surface area contributed by atoms with E-state index in [1.54, 1.807) is 29.2 Å². The molecule has 6 N–H and O–H groups in total. The number of carbonyl (C=O) groups excluding carboxylic acids is 2. The van der Waals surface area contributed by atoms with E-state index in [4.69, 9.17) is 15.5 Å². The molecule has 0 bridgehead atoms. The van der Waals surface area contributed by atoms with Crippen LogP contribution in [0.5, 0.6) is 0 Å². The van der Waals surface area contributed by atoms with Crippen LogP contribution in [-0.4, -0.2) is 85.1 Å². The second-order valence-electron chi connectivity index (χ2n) is 11.7. The number of piperidine rings is 1. The Hall–Kier alpha value is -4.64. The standard InChI is InChI=1S/C24H27N5O6.C7H7F3N2/c1-23(12-35-13-23)22(31)28-8-2-3-16(10-28)21-27-18(15-6-4-14(11-30)5-7-15)19-20(25)26-9-17(29(19)21)24(32,33)34;1-11-6-4-5(2-3-12-6)7(8,9)10/h4-7,9,11,16,32-34H,2-3,8,10,12-13H2,1H3,(H2,25,26);2-4H,1H3,(H,11,12). The zero-order chi connectivity index (χ0) is 34.1. The van der Waals surface area contributed by atoms with E-state index in [1.165, 1.54) is 11.4 Å². The zero-order valence-electron chi connectivity index (χ0n) is 25.5. The maximum absolute atomic E-state index is 13.2. The number of carbonyl (C=O) groups is 2. The van der Waals surface area contributed by atoms with Crippen molar-refractivity contribution >= 4 is 29.3 Å². The number of pyridine rings is 1. The first-order valence-electron chi connectivity index (χ1n) is 14.6. The smallest absolute Gasteiger partial charge is 0.382 e. The number of ether oxygens (including phenoxy) is 1. The summed E-state index contributed by atoms with van der Waals surface area (Å²) in [7, 11) is 1.52. The first-order valence-corrected chi connectivity index (χ1v) is 14.6. The number of anilines is 2. The van der Waals surface area contributed by atoms with Crippen molar-refractivity contribution in [2.45, 2.75) is 37.8 Å². The molecule has 4 aromatic rings. The number of aromatic nitrogens is 4. The van der Waals surface area contributed by atoms with E-state index in [1.807, 2.05) is 6.92 Å². The SMILES string of the molecule is CC1(C(=O)N2CCCC(c3nc(-c4ccc(C=O)cc4)c4c(N)ncc(C(O)(O)O)n34)C2)COC1.CNc1cc(C(F)(F)F)ccn1. The van der Waals surface area contributed by atoms with Crippen molar-refractivity contribution in [1.29, 1.82) is 0 Å². The van der Waals surface area contributed by atoms with E-state index in [-0.39, 0.29) is 29.2 Å². The highest BCUT2D eigenvalue weighted by Gasteiger charge is 2.45. The van der Waals surface area contributed by atoms with Gasteiger partial charge in [-0.15, -0.1) is 0 Å². The molecular weight excluding hydrogens is 623 g/mol. The van der Waals surface area contributed by atoms with E-state index < -0.39 is 23.1 Å². The molecule has 13 nitrogen and oxygen atoms in total. The maximum atomic E-state index is 13.2. The molecule has 1 unspecified atom stereocenters. The highest BCUT2D eigenvalue weighted by Crippen LogP contribution is 2.38. The highest BCUT2D eigenvalue weighted by atomic mass is 19.4. The van der Waals surface area contributed by atoms with Crippen molar-refractivity contribution in [3.05, 3.63) is 71.4 Å². The van der Waals surface area contributed by atoms with Crippen LogP contribution < -0.4 is 11.1 Å². The van der Waals surface area contributed by atoms with Gasteiger partial charge in [0.2, 0.25) is 5.91 Å². The van der Waals surface area contributed by atoms with Crippen LogP contribution in [0, 0.1) is 5.41 Å². The summed E-state index contributed by atoms with van der Waals surface area (Å²) in [4.78, 5) is 38.6. The lowest BCUT2D eigenvalue weighted by Gasteiger charge is -2.42. The number of imidazole rings is 1. The zero-order valence-corrected chi connectivity index (χ0v) is 25.5. The number of rotatable bonds is 6. The topological polar surface area (TPSA) is 188 Å². The summed E-state index contributed by atoms with van der Waals surface area (Å²) in [5, 5.41) is 32.8. The second-order valence-corrected chi connectivity index (χ2v) is 11.7. The van der Waals surface area contributed by atoms with Gasteiger partial charge in [0.05, 0.1) is 30.4 Å². The largest absolute Gasteiger partial charge is 0.416 e. The van der Waals surface area contributed by atoms with Crippen LogP contribution >= 0.6 is 0 Å². The number of nitrogen functional groups attached to an aromatic ring is 1. The van der Waals surface area contributed by atoms with Gasteiger partial charge in [-0.05, 0) is 31.9 Å². The molecule has 1 amide bonds. The molecule has 250 valence electrons. The van der Waals surface area contributed by atoms with Gasteiger partial charge >= 0.3 is 12.1 Å². The molecule has 1 atom stereocenters. The van der Waals surface area contributed by atoms with Gasteiger partial charge in [-0.2, -0.15) is 13.2 Å². The summed E-state index contributed by atoms with van der Waals surface area (Å²) in [5.74, 6) is -2.74. The van der Waals surface area contributed by atoms with Gasteiger partial charge in [0, 0.05) is 43.4 Å². The van der Waals surface area contributed by atoms with Crippen molar-refractivity contribution < 1.29 is 42.8 Å². The van der Waals surface area contributed by atoms with Crippen molar-refractivity contribution in [2.24, 2.45) is 5.41 Å². The Balaban J connectivity index is 0.000000305. The molecule has 2 aliphatic rings. The molecule has 3 aromatic heterocycles. The van der Waals surface area contributed by atoms with Gasteiger partial charge in [-0.3, -0.25) is 14.0 Å². The summed E-state index contributed by atoms with van der Waals surface area (Å²) in [6.07, 6.45) is 0.0580.